The number of imide groups is 1. The lowest BCUT2D eigenvalue weighted by Gasteiger charge is -2.15. The van der Waals surface area contributed by atoms with Gasteiger partial charge in [-0.05, 0) is 6.07 Å². The molecular formula is C14H10N4O7. The number of methoxy groups -OCH3 is 2. The van der Waals surface area contributed by atoms with Crippen LogP contribution >= 0.6 is 0 Å². The van der Waals surface area contributed by atoms with Gasteiger partial charge in [-0.2, -0.15) is 5.26 Å². The molecule has 0 unspecified atom stereocenters. The van der Waals surface area contributed by atoms with Crippen LogP contribution in [-0.2, 0) is 14.3 Å². The number of hydrogen-bond donors (Lipinski definition) is 1. The first-order valence-electron chi connectivity index (χ1n) is 6.56. The van der Waals surface area contributed by atoms with Crippen LogP contribution in [0.25, 0.3) is 0 Å². The lowest BCUT2D eigenvalue weighted by Crippen LogP contribution is -2.31. The van der Waals surface area contributed by atoms with E-state index in [1.807, 2.05) is 0 Å². The number of carbonyl (C=O) groups is 3. The Hall–Kier alpha value is -3.94. The number of nitro groups is 1. The summed E-state index contributed by atoms with van der Waals surface area (Å²) in [7, 11) is 2.21. The van der Waals surface area contributed by atoms with Gasteiger partial charge >= 0.3 is 12.0 Å². The van der Waals surface area contributed by atoms with Gasteiger partial charge in [0.15, 0.2) is 5.57 Å². The Bertz CT molecular complexity index is 868. The van der Waals surface area contributed by atoms with Crippen molar-refractivity contribution < 1.29 is 28.8 Å². The maximum Gasteiger partial charge on any atom is 0.350 e. The molecule has 3 amide bonds. The summed E-state index contributed by atoms with van der Waals surface area (Å²) in [6.45, 7) is 0. The quantitative estimate of drug-likeness (QED) is 0.208. The Morgan fingerprint density at radius 3 is 2.56 bits per heavy atom. The molecule has 0 aliphatic carbocycles. The Morgan fingerprint density at radius 2 is 2.04 bits per heavy atom. The lowest BCUT2D eigenvalue weighted by molar-refractivity contribution is -0.384. The van der Waals surface area contributed by atoms with E-state index in [2.05, 4.69) is 10.1 Å². The van der Waals surface area contributed by atoms with Gasteiger partial charge in [0, 0.05) is 6.07 Å². The third-order valence-corrected chi connectivity index (χ3v) is 3.22. The third kappa shape index (κ3) is 2.95. The minimum absolute atomic E-state index is 0.0900. The molecule has 1 heterocycles. The number of benzene rings is 1. The highest BCUT2D eigenvalue weighted by molar-refractivity contribution is 6.29. The minimum Gasteiger partial charge on any atom is -0.494 e. The van der Waals surface area contributed by atoms with E-state index >= 15 is 0 Å². The van der Waals surface area contributed by atoms with E-state index in [9.17, 15) is 24.5 Å². The second kappa shape index (κ2) is 6.67. The van der Waals surface area contributed by atoms with Crippen LogP contribution in [0.4, 0.5) is 16.2 Å². The van der Waals surface area contributed by atoms with Crippen LogP contribution in [0.1, 0.15) is 0 Å². The van der Waals surface area contributed by atoms with Gasteiger partial charge in [-0.25, -0.2) is 14.5 Å². The van der Waals surface area contributed by atoms with Crippen molar-refractivity contribution in [3.63, 3.8) is 0 Å². The van der Waals surface area contributed by atoms with Crippen LogP contribution in [0.15, 0.2) is 29.5 Å². The lowest BCUT2D eigenvalue weighted by atomic mass is 10.2. The summed E-state index contributed by atoms with van der Waals surface area (Å²) in [5.41, 5.74) is -1.63. The van der Waals surface area contributed by atoms with Gasteiger partial charge in [0.1, 0.15) is 17.5 Å². The van der Waals surface area contributed by atoms with Gasteiger partial charge in [-0.1, -0.05) is 0 Å². The minimum atomic E-state index is -1.09. The molecule has 1 fully saturated rings. The van der Waals surface area contributed by atoms with Crippen LogP contribution in [0.5, 0.6) is 5.75 Å². The zero-order chi connectivity index (χ0) is 18.7. The Kier molecular flexibility index (Phi) is 4.64. The average Bonchev–Trinajstić information content (AvgIpc) is 2.89. The summed E-state index contributed by atoms with van der Waals surface area (Å²) in [5.74, 6) is -2.21. The SMILES string of the molecule is COC(=O)C(C#N)=C1NC(=O)N(c2ccc([N+](=O)[O-])cc2OC)C1=O. The molecule has 0 saturated carbocycles. The number of nitrogens with one attached hydrogen (secondary N) is 1. The fourth-order valence-electron chi connectivity index (χ4n) is 2.08. The normalized spacial score (nSPS) is 15.3. The van der Waals surface area contributed by atoms with Gasteiger partial charge in [0.05, 0.1) is 30.9 Å². The van der Waals surface area contributed by atoms with Crippen molar-refractivity contribution in [2.24, 2.45) is 0 Å². The molecule has 0 radical (unpaired) electrons. The van der Waals surface area contributed by atoms with Crippen LogP contribution in [-0.4, -0.2) is 37.1 Å². The molecule has 0 bridgehead atoms. The fourth-order valence-corrected chi connectivity index (χ4v) is 2.08. The van der Waals surface area contributed by atoms with E-state index in [0.29, 0.717) is 4.90 Å². The van der Waals surface area contributed by atoms with Crippen molar-refractivity contribution in [1.29, 1.82) is 5.26 Å². The molecule has 0 atom stereocenters. The second-order valence-electron chi connectivity index (χ2n) is 4.54. The van der Waals surface area contributed by atoms with E-state index < -0.39 is 34.1 Å². The van der Waals surface area contributed by atoms with Gasteiger partial charge in [0.2, 0.25) is 0 Å². The fraction of sp³-hybridized carbons (Fsp3) is 0.143. The number of rotatable bonds is 4. The summed E-state index contributed by atoms with van der Waals surface area (Å²) in [6, 6.07) is 3.78. The number of esters is 1. The predicted octanol–water partition coefficient (Wildman–Crippen LogP) is 0.610. The summed E-state index contributed by atoms with van der Waals surface area (Å²) >= 11 is 0. The molecular weight excluding hydrogens is 336 g/mol. The number of urea groups is 1. The van der Waals surface area contributed by atoms with Crippen molar-refractivity contribution in [2.75, 3.05) is 19.1 Å². The molecule has 0 spiro atoms. The van der Waals surface area contributed by atoms with Crippen molar-refractivity contribution in [3.05, 3.63) is 39.6 Å². The van der Waals surface area contributed by atoms with Crippen LogP contribution in [0.3, 0.4) is 0 Å². The monoisotopic (exact) mass is 346 g/mol. The largest absolute Gasteiger partial charge is 0.494 e. The van der Waals surface area contributed by atoms with E-state index in [0.717, 1.165) is 25.3 Å². The van der Waals surface area contributed by atoms with Crippen LogP contribution in [0.2, 0.25) is 0 Å². The molecule has 25 heavy (non-hydrogen) atoms. The second-order valence-corrected chi connectivity index (χ2v) is 4.54. The molecule has 11 nitrogen and oxygen atoms in total. The molecule has 1 N–H and O–H groups in total. The van der Waals surface area contributed by atoms with E-state index in [-0.39, 0.29) is 17.1 Å². The molecule has 1 aliphatic heterocycles. The maximum atomic E-state index is 12.5. The van der Waals surface area contributed by atoms with Gasteiger partial charge in [-0.15, -0.1) is 0 Å². The number of ether oxygens (including phenoxy) is 2. The summed E-state index contributed by atoms with van der Waals surface area (Å²) in [6.07, 6.45) is 0. The number of nitriles is 1. The first kappa shape index (κ1) is 17.4. The van der Waals surface area contributed by atoms with Crippen LogP contribution < -0.4 is 15.0 Å². The Morgan fingerprint density at radius 1 is 1.36 bits per heavy atom. The molecule has 1 saturated heterocycles. The van der Waals surface area contributed by atoms with Gasteiger partial charge in [0.25, 0.3) is 11.6 Å². The summed E-state index contributed by atoms with van der Waals surface area (Å²) in [5, 5.41) is 21.9. The van der Waals surface area contributed by atoms with Crippen molar-refractivity contribution in [2.45, 2.75) is 0 Å². The van der Waals surface area contributed by atoms with Crippen molar-refractivity contribution >= 4 is 29.3 Å². The molecule has 1 aromatic carbocycles. The Balaban J connectivity index is 2.55. The summed E-state index contributed by atoms with van der Waals surface area (Å²) < 4.78 is 9.37. The maximum absolute atomic E-state index is 12.5. The predicted molar refractivity (Wildman–Crippen MR) is 80.3 cm³/mol. The molecule has 1 aliphatic rings. The molecule has 0 aromatic heterocycles. The number of non-ortho nitro benzene ring substituents is 1. The van der Waals surface area contributed by atoms with E-state index in [1.54, 1.807) is 0 Å². The Labute approximate surface area is 140 Å². The average molecular weight is 346 g/mol. The highest BCUT2D eigenvalue weighted by atomic mass is 16.6. The third-order valence-electron chi connectivity index (χ3n) is 3.22. The number of hydrogen-bond acceptors (Lipinski definition) is 8. The highest BCUT2D eigenvalue weighted by Crippen LogP contribution is 2.34. The van der Waals surface area contributed by atoms with E-state index in [1.165, 1.54) is 13.2 Å². The zero-order valence-electron chi connectivity index (χ0n) is 12.9. The number of nitrogens with zero attached hydrogens (tertiary/aromatic N) is 3. The molecule has 2 rings (SSSR count). The van der Waals surface area contributed by atoms with E-state index in [4.69, 9.17) is 10.00 Å². The number of nitro benzene ring substituents is 1. The van der Waals surface area contributed by atoms with Gasteiger partial charge < -0.3 is 14.8 Å². The zero-order valence-corrected chi connectivity index (χ0v) is 12.9. The van der Waals surface area contributed by atoms with Crippen molar-refractivity contribution in [1.82, 2.24) is 5.32 Å². The first-order valence-corrected chi connectivity index (χ1v) is 6.56. The first-order chi connectivity index (χ1) is 11.8. The molecule has 11 heteroatoms. The number of amides is 3. The highest BCUT2D eigenvalue weighted by Gasteiger charge is 2.40. The molecule has 1 aromatic rings. The summed E-state index contributed by atoms with van der Waals surface area (Å²) in [4.78, 5) is 46.9. The number of carbonyl (C=O) groups excluding carboxylic acids is 3. The van der Waals surface area contributed by atoms with Crippen molar-refractivity contribution in [3.8, 4) is 11.8 Å². The number of anilines is 1. The smallest absolute Gasteiger partial charge is 0.350 e. The topological polar surface area (TPSA) is 152 Å². The van der Waals surface area contributed by atoms with Crippen LogP contribution in [0, 0.1) is 21.4 Å². The standard InChI is InChI=1S/C14H10N4O7/c1-24-10-5-7(18(22)23)3-4-9(10)17-12(19)11(16-14(17)21)8(6-15)13(20)25-2/h3-5H,1-2H3,(H,16,21). The molecule has 128 valence electrons. The van der Waals surface area contributed by atoms with Gasteiger partial charge in [-0.3, -0.25) is 14.9 Å².